The molecule has 0 bridgehead atoms. The molecular formula is C21H22ClN4NaO2S. The van der Waals surface area contributed by atoms with E-state index in [-0.39, 0.29) is 46.0 Å². The van der Waals surface area contributed by atoms with E-state index in [1.54, 1.807) is 15.9 Å². The Balaban J connectivity index is 0.00000256. The minimum Gasteiger partial charge on any atom is -0.420 e. The Bertz CT molecular complexity index is 1240. The van der Waals surface area contributed by atoms with Crippen molar-refractivity contribution in [1.29, 1.82) is 0 Å². The molecule has 0 radical (unpaired) electrons. The second kappa shape index (κ2) is 10.3. The molecule has 3 heterocycles. The van der Waals surface area contributed by atoms with Gasteiger partial charge in [-0.1, -0.05) is 49.6 Å². The maximum absolute atomic E-state index is 13.0. The monoisotopic (exact) mass is 452 g/mol. The Hall–Kier alpha value is -1.38. The van der Waals surface area contributed by atoms with E-state index in [2.05, 4.69) is 35.1 Å². The first-order valence-corrected chi connectivity index (χ1v) is 11.1. The van der Waals surface area contributed by atoms with Crippen molar-refractivity contribution in [3.05, 3.63) is 61.3 Å². The van der Waals surface area contributed by atoms with Gasteiger partial charge in [0.1, 0.15) is 0 Å². The molecule has 0 saturated carbocycles. The molecule has 0 atom stereocenters. The van der Waals surface area contributed by atoms with Crippen LogP contribution in [0, 0.1) is 0 Å². The average Bonchev–Trinajstić information content (AvgIpc) is 3.30. The summed E-state index contributed by atoms with van der Waals surface area (Å²) >= 11 is 7.68. The van der Waals surface area contributed by atoms with Crippen LogP contribution in [0.4, 0.5) is 0 Å². The third-order valence-corrected chi connectivity index (χ3v) is 6.39. The van der Waals surface area contributed by atoms with E-state index in [1.165, 1.54) is 19.5 Å². The Kier molecular flexibility index (Phi) is 7.98. The summed E-state index contributed by atoms with van der Waals surface area (Å²) in [5, 5.41) is 1.23. The van der Waals surface area contributed by atoms with Gasteiger partial charge in [0.25, 0.3) is 5.56 Å². The Morgan fingerprint density at radius 1 is 1.10 bits per heavy atom. The quantitative estimate of drug-likeness (QED) is 0.229. The van der Waals surface area contributed by atoms with Crippen molar-refractivity contribution in [3.63, 3.8) is 0 Å². The molecule has 4 aromatic rings. The standard InChI is InChI=1S/C21H23ClN4O2S.Na/c1-2-3-6-11-25-18-17(23-20(22)24-18)19(27)26(21(25)28)12-7-9-15-13-14-8-4-5-10-16(14)29-15;/h4-5,8,10,13H,2-3,6-7,9,11-12H2,1H3,(H,23,24,27);/q;+1/p-1. The summed E-state index contributed by atoms with van der Waals surface area (Å²) in [5.74, 6) is 0. The molecule has 30 heavy (non-hydrogen) atoms. The summed E-state index contributed by atoms with van der Waals surface area (Å²) in [4.78, 5) is 35.3. The van der Waals surface area contributed by atoms with Gasteiger partial charge in [0, 0.05) is 39.1 Å². The number of aryl methyl sites for hydroxylation is 2. The van der Waals surface area contributed by atoms with Crippen LogP contribution in [0.1, 0.15) is 37.5 Å². The summed E-state index contributed by atoms with van der Waals surface area (Å²) in [6.07, 6.45) is 4.40. The van der Waals surface area contributed by atoms with Crippen molar-refractivity contribution in [2.45, 2.75) is 52.1 Å². The molecule has 6 nitrogen and oxygen atoms in total. The third-order valence-electron chi connectivity index (χ3n) is 5.05. The fourth-order valence-corrected chi connectivity index (χ4v) is 4.85. The number of thiophene rings is 1. The van der Waals surface area contributed by atoms with Gasteiger partial charge in [-0.05, 0) is 36.8 Å². The van der Waals surface area contributed by atoms with Crippen LogP contribution in [0.5, 0.6) is 0 Å². The largest absolute Gasteiger partial charge is 1.00 e. The van der Waals surface area contributed by atoms with Crippen molar-refractivity contribution in [2.75, 3.05) is 0 Å². The molecule has 0 N–H and O–H groups in total. The molecule has 152 valence electrons. The Labute approximate surface area is 205 Å². The smallest absolute Gasteiger partial charge is 0.420 e. The number of nitrogens with zero attached hydrogens (tertiary/aromatic N) is 4. The van der Waals surface area contributed by atoms with Gasteiger partial charge in [0.15, 0.2) is 0 Å². The second-order valence-corrected chi connectivity index (χ2v) is 8.62. The van der Waals surface area contributed by atoms with E-state index in [4.69, 9.17) is 11.6 Å². The number of aromatic nitrogens is 4. The molecule has 0 fully saturated rings. The molecule has 0 saturated heterocycles. The van der Waals surface area contributed by atoms with Crippen molar-refractivity contribution in [3.8, 4) is 0 Å². The van der Waals surface area contributed by atoms with E-state index in [9.17, 15) is 9.59 Å². The first kappa shape index (κ1) is 23.3. The molecular weight excluding hydrogens is 431 g/mol. The van der Waals surface area contributed by atoms with Gasteiger partial charge >= 0.3 is 35.2 Å². The first-order chi connectivity index (χ1) is 14.1. The number of hydrogen-bond donors (Lipinski definition) is 0. The molecule has 9 heteroatoms. The number of rotatable bonds is 8. The minimum absolute atomic E-state index is 0. The zero-order valence-electron chi connectivity index (χ0n) is 17.2. The van der Waals surface area contributed by atoms with Gasteiger partial charge in [0.05, 0.1) is 0 Å². The van der Waals surface area contributed by atoms with Crippen molar-refractivity contribution >= 4 is 44.2 Å². The minimum atomic E-state index is -0.410. The van der Waals surface area contributed by atoms with Crippen molar-refractivity contribution in [2.24, 2.45) is 0 Å². The molecule has 0 unspecified atom stereocenters. The number of benzene rings is 1. The Morgan fingerprint density at radius 2 is 1.87 bits per heavy atom. The predicted molar refractivity (Wildman–Crippen MR) is 118 cm³/mol. The van der Waals surface area contributed by atoms with E-state index in [0.29, 0.717) is 25.2 Å². The third kappa shape index (κ3) is 4.75. The average molecular weight is 453 g/mol. The van der Waals surface area contributed by atoms with Crippen LogP contribution in [0.3, 0.4) is 0 Å². The van der Waals surface area contributed by atoms with Crippen LogP contribution >= 0.6 is 22.9 Å². The fourth-order valence-electron chi connectivity index (χ4n) is 3.58. The molecule has 4 rings (SSSR count). The molecule has 1 aromatic carbocycles. The number of unbranched alkanes of at least 4 members (excludes halogenated alkanes) is 2. The van der Waals surface area contributed by atoms with Crippen LogP contribution in [0.25, 0.3) is 21.3 Å². The number of halogens is 1. The number of hydrogen-bond acceptors (Lipinski definition) is 4. The Morgan fingerprint density at radius 3 is 2.63 bits per heavy atom. The van der Waals surface area contributed by atoms with Crippen LogP contribution in [0.2, 0.25) is 5.28 Å². The van der Waals surface area contributed by atoms with Gasteiger partial charge in [-0.3, -0.25) is 13.9 Å². The van der Waals surface area contributed by atoms with E-state index in [1.807, 2.05) is 12.1 Å². The molecule has 0 aliphatic heterocycles. The maximum atomic E-state index is 13.0. The topological polar surface area (TPSA) is 71.0 Å². The van der Waals surface area contributed by atoms with Gasteiger partial charge in [-0.15, -0.1) is 11.3 Å². The summed E-state index contributed by atoms with van der Waals surface area (Å²) in [5.41, 5.74) is -0.270. The summed E-state index contributed by atoms with van der Waals surface area (Å²) in [6.45, 7) is 2.96. The van der Waals surface area contributed by atoms with Gasteiger partial charge in [-0.2, -0.15) is 0 Å². The van der Waals surface area contributed by atoms with E-state index < -0.39 is 5.56 Å². The summed E-state index contributed by atoms with van der Waals surface area (Å²) in [6, 6.07) is 10.4. The number of imidazole rings is 1. The first-order valence-electron chi connectivity index (χ1n) is 9.89. The normalized spacial score (nSPS) is 11.3. The van der Waals surface area contributed by atoms with E-state index >= 15 is 0 Å². The number of fused-ring (bicyclic) bond motifs is 2. The van der Waals surface area contributed by atoms with Gasteiger partial charge in [0.2, 0.25) is 0 Å². The molecule has 3 aromatic heterocycles. The second-order valence-electron chi connectivity index (χ2n) is 7.12. The van der Waals surface area contributed by atoms with Gasteiger partial charge < -0.3 is 9.97 Å². The molecule has 0 aliphatic rings. The van der Waals surface area contributed by atoms with Crippen molar-refractivity contribution < 1.29 is 29.6 Å². The summed E-state index contributed by atoms with van der Waals surface area (Å²) < 4.78 is 4.08. The summed E-state index contributed by atoms with van der Waals surface area (Å²) in [7, 11) is 0. The van der Waals surface area contributed by atoms with Crippen molar-refractivity contribution in [1.82, 2.24) is 19.1 Å². The molecule has 0 spiro atoms. The van der Waals surface area contributed by atoms with Gasteiger partial charge in [-0.25, -0.2) is 4.79 Å². The van der Waals surface area contributed by atoms with Crippen LogP contribution in [-0.2, 0) is 19.5 Å². The predicted octanol–water partition coefficient (Wildman–Crippen LogP) is 1.21. The fraction of sp³-hybridized carbons (Fsp3) is 0.381. The molecule has 0 aliphatic carbocycles. The van der Waals surface area contributed by atoms with Crippen LogP contribution < -0.4 is 45.8 Å². The zero-order chi connectivity index (χ0) is 20.4. The van der Waals surface area contributed by atoms with E-state index in [0.717, 1.165) is 25.7 Å². The molecule has 0 amide bonds. The zero-order valence-corrected chi connectivity index (χ0v) is 20.8. The SMILES string of the molecule is CCCCCn1c(=O)n(CCCc2cc3ccccc3s2)c(=O)c2[n-]c(Cl)nc21.[Na+]. The maximum Gasteiger partial charge on any atom is 1.00 e. The van der Waals surface area contributed by atoms with Crippen LogP contribution in [0.15, 0.2) is 39.9 Å². The van der Waals surface area contributed by atoms with Crippen LogP contribution in [-0.4, -0.2) is 14.1 Å².